The second-order valence-electron chi connectivity index (χ2n) is 7.52. The summed E-state index contributed by atoms with van der Waals surface area (Å²) in [6, 6.07) is 27.6. The zero-order valence-electron chi connectivity index (χ0n) is 17.0. The lowest BCUT2D eigenvalue weighted by molar-refractivity contribution is -0.135. The summed E-state index contributed by atoms with van der Waals surface area (Å²) in [6.45, 7) is -0.00194. The van der Waals surface area contributed by atoms with E-state index < -0.39 is 23.4 Å². The van der Waals surface area contributed by atoms with Crippen LogP contribution in [0, 0.1) is 0 Å². The maximum atomic E-state index is 13.5. The fourth-order valence-electron chi connectivity index (χ4n) is 3.81. The number of imide groups is 1. The Morgan fingerprint density at radius 2 is 1.35 bits per heavy atom. The lowest BCUT2D eigenvalue weighted by Crippen LogP contribution is -2.46. The molecule has 0 aliphatic carbocycles. The minimum absolute atomic E-state index is 0.296. The van der Waals surface area contributed by atoms with Gasteiger partial charge in [0.2, 0.25) is 5.91 Å². The third-order valence-electron chi connectivity index (χ3n) is 5.39. The number of rotatable bonds is 7. The molecule has 0 radical (unpaired) electrons. The molecule has 0 spiro atoms. The number of carbonyl (C=O) groups excluding carboxylic acids is 3. The molecule has 6 nitrogen and oxygen atoms in total. The van der Waals surface area contributed by atoms with Crippen LogP contribution >= 0.6 is 0 Å². The molecule has 0 saturated carbocycles. The molecule has 2 N–H and O–H groups in total. The van der Waals surface area contributed by atoms with Crippen molar-refractivity contribution in [3.8, 4) is 0 Å². The van der Waals surface area contributed by atoms with Gasteiger partial charge in [-0.1, -0.05) is 91.0 Å². The van der Waals surface area contributed by atoms with Crippen LogP contribution in [0.25, 0.3) is 0 Å². The van der Waals surface area contributed by atoms with Crippen LogP contribution in [0.15, 0.2) is 91.0 Å². The fourth-order valence-corrected chi connectivity index (χ4v) is 3.81. The second kappa shape index (κ2) is 8.83. The van der Waals surface area contributed by atoms with Gasteiger partial charge in [-0.25, -0.2) is 4.79 Å². The predicted molar refractivity (Wildman–Crippen MR) is 117 cm³/mol. The van der Waals surface area contributed by atoms with E-state index in [2.05, 4.69) is 10.6 Å². The van der Waals surface area contributed by atoms with Gasteiger partial charge >= 0.3 is 6.03 Å². The Kier molecular flexibility index (Phi) is 5.80. The van der Waals surface area contributed by atoms with E-state index in [1.807, 2.05) is 91.0 Å². The molecule has 1 saturated heterocycles. The topological polar surface area (TPSA) is 78.5 Å². The number of urea groups is 1. The molecule has 1 heterocycles. The van der Waals surface area contributed by atoms with Gasteiger partial charge in [0.15, 0.2) is 5.54 Å². The van der Waals surface area contributed by atoms with Gasteiger partial charge in [-0.05, 0) is 16.7 Å². The van der Waals surface area contributed by atoms with Crippen LogP contribution in [0.3, 0.4) is 0 Å². The molecule has 4 amide bonds. The maximum Gasteiger partial charge on any atom is 0.325 e. The van der Waals surface area contributed by atoms with E-state index in [0.29, 0.717) is 18.5 Å². The first kappa shape index (κ1) is 20.3. The highest BCUT2D eigenvalue weighted by molar-refractivity contribution is 6.09. The van der Waals surface area contributed by atoms with Crippen molar-refractivity contribution in [2.24, 2.45) is 0 Å². The van der Waals surface area contributed by atoms with Gasteiger partial charge in [0.1, 0.15) is 6.54 Å². The number of nitrogens with one attached hydrogen (secondary N) is 2. The number of nitrogens with zero attached hydrogens (tertiary/aromatic N) is 1. The molecule has 4 rings (SSSR count). The molecule has 31 heavy (non-hydrogen) atoms. The van der Waals surface area contributed by atoms with Crippen LogP contribution in [-0.2, 0) is 28.1 Å². The van der Waals surface area contributed by atoms with Gasteiger partial charge in [0.05, 0.1) is 0 Å². The largest absolute Gasteiger partial charge is 0.350 e. The van der Waals surface area contributed by atoms with Crippen LogP contribution < -0.4 is 10.6 Å². The van der Waals surface area contributed by atoms with Crippen molar-refractivity contribution in [2.75, 3.05) is 6.54 Å². The van der Waals surface area contributed by atoms with Crippen LogP contribution in [0.1, 0.15) is 16.7 Å². The van der Waals surface area contributed by atoms with E-state index >= 15 is 0 Å². The molecule has 3 aromatic rings. The molecular weight excluding hydrogens is 390 g/mol. The van der Waals surface area contributed by atoms with Crippen LogP contribution in [0.2, 0.25) is 0 Å². The van der Waals surface area contributed by atoms with Crippen molar-refractivity contribution in [3.05, 3.63) is 108 Å². The van der Waals surface area contributed by atoms with Gasteiger partial charge < -0.3 is 10.6 Å². The SMILES string of the molecule is O=C(CN1C(=O)N[C@@](Cc2ccccc2)(c2ccccc2)C1=O)NCc1ccccc1. The van der Waals surface area contributed by atoms with Crippen LogP contribution in [0.5, 0.6) is 0 Å². The number of benzene rings is 3. The van der Waals surface area contributed by atoms with Gasteiger partial charge in [-0.3, -0.25) is 14.5 Å². The highest BCUT2D eigenvalue weighted by Gasteiger charge is 2.52. The Hall–Kier alpha value is -3.93. The minimum atomic E-state index is -1.25. The van der Waals surface area contributed by atoms with Crippen molar-refractivity contribution in [2.45, 2.75) is 18.5 Å². The third-order valence-corrected chi connectivity index (χ3v) is 5.39. The fraction of sp³-hybridized carbons (Fsp3) is 0.160. The van der Waals surface area contributed by atoms with E-state index in [4.69, 9.17) is 0 Å². The molecule has 156 valence electrons. The smallest absolute Gasteiger partial charge is 0.325 e. The van der Waals surface area contributed by atoms with Crippen molar-refractivity contribution < 1.29 is 14.4 Å². The zero-order chi connectivity index (χ0) is 21.7. The Morgan fingerprint density at radius 3 is 1.97 bits per heavy atom. The van der Waals surface area contributed by atoms with Crippen molar-refractivity contribution >= 4 is 17.8 Å². The summed E-state index contributed by atoms with van der Waals surface area (Å²) in [7, 11) is 0. The van der Waals surface area contributed by atoms with E-state index in [1.54, 1.807) is 0 Å². The molecule has 6 heteroatoms. The third kappa shape index (κ3) is 4.33. The van der Waals surface area contributed by atoms with E-state index in [1.165, 1.54) is 0 Å². The summed E-state index contributed by atoms with van der Waals surface area (Å²) in [5.74, 6) is -0.821. The predicted octanol–water partition coefficient (Wildman–Crippen LogP) is 2.99. The first-order valence-electron chi connectivity index (χ1n) is 10.1. The van der Waals surface area contributed by atoms with E-state index in [0.717, 1.165) is 16.0 Å². The molecule has 1 aliphatic heterocycles. The number of carbonyl (C=O) groups is 3. The molecule has 0 aromatic heterocycles. The average molecular weight is 413 g/mol. The highest BCUT2D eigenvalue weighted by Crippen LogP contribution is 2.32. The highest BCUT2D eigenvalue weighted by atomic mass is 16.2. The summed E-state index contributed by atoms with van der Waals surface area (Å²) < 4.78 is 0. The Morgan fingerprint density at radius 1 is 0.806 bits per heavy atom. The van der Waals surface area contributed by atoms with Gasteiger partial charge in [-0.2, -0.15) is 0 Å². The van der Waals surface area contributed by atoms with Crippen LogP contribution in [-0.4, -0.2) is 29.3 Å². The van der Waals surface area contributed by atoms with E-state index in [-0.39, 0.29) is 6.54 Å². The van der Waals surface area contributed by atoms with Gasteiger partial charge in [0.25, 0.3) is 5.91 Å². The van der Waals surface area contributed by atoms with Crippen molar-refractivity contribution in [3.63, 3.8) is 0 Å². The maximum absolute atomic E-state index is 13.5. The number of amides is 4. The van der Waals surface area contributed by atoms with Crippen LogP contribution in [0.4, 0.5) is 4.79 Å². The monoisotopic (exact) mass is 413 g/mol. The molecule has 1 atom stereocenters. The molecule has 1 aliphatic rings. The molecular formula is C25H23N3O3. The summed E-state index contributed by atoms with van der Waals surface area (Å²) >= 11 is 0. The Bertz CT molecular complexity index is 1070. The second-order valence-corrected chi connectivity index (χ2v) is 7.52. The molecule has 1 fully saturated rings. The summed E-state index contributed by atoms with van der Waals surface area (Å²) in [6.07, 6.45) is 0.296. The zero-order valence-corrected chi connectivity index (χ0v) is 17.0. The average Bonchev–Trinajstić information content (AvgIpc) is 3.04. The van der Waals surface area contributed by atoms with Crippen molar-refractivity contribution in [1.82, 2.24) is 15.5 Å². The first-order chi connectivity index (χ1) is 15.1. The molecule has 3 aromatic carbocycles. The van der Waals surface area contributed by atoms with Crippen molar-refractivity contribution in [1.29, 1.82) is 0 Å². The summed E-state index contributed by atoms with van der Waals surface area (Å²) in [5.41, 5.74) is 1.29. The molecule has 0 bridgehead atoms. The minimum Gasteiger partial charge on any atom is -0.350 e. The Labute approximate surface area is 180 Å². The quantitative estimate of drug-likeness (QED) is 0.585. The lowest BCUT2D eigenvalue weighted by Gasteiger charge is -2.27. The summed E-state index contributed by atoms with van der Waals surface area (Å²) in [4.78, 5) is 39.8. The summed E-state index contributed by atoms with van der Waals surface area (Å²) in [5, 5.41) is 5.64. The standard InChI is InChI=1S/C25H23N3O3/c29-22(26-17-20-12-6-2-7-13-20)18-28-23(30)25(27-24(28)31,21-14-8-3-9-15-21)16-19-10-4-1-5-11-19/h1-15H,16-18H2,(H,26,29)(H,27,31)/t25-/m0/s1. The normalized spacial score (nSPS) is 18.0. The number of hydrogen-bond acceptors (Lipinski definition) is 3. The van der Waals surface area contributed by atoms with E-state index in [9.17, 15) is 14.4 Å². The first-order valence-corrected chi connectivity index (χ1v) is 10.1. The van der Waals surface area contributed by atoms with Gasteiger partial charge in [0, 0.05) is 13.0 Å². The van der Waals surface area contributed by atoms with Gasteiger partial charge in [-0.15, -0.1) is 0 Å². The Balaban J connectivity index is 1.55. The number of hydrogen-bond donors (Lipinski definition) is 2. The lowest BCUT2D eigenvalue weighted by atomic mass is 9.83. The molecule has 0 unspecified atom stereocenters.